The van der Waals surface area contributed by atoms with Crippen LogP contribution in [0.1, 0.15) is 27.7 Å². The van der Waals surface area contributed by atoms with E-state index in [0.717, 1.165) is 0 Å². The molecule has 0 rings (SSSR count). The first-order valence-electron chi connectivity index (χ1n) is 6.40. The van der Waals surface area contributed by atoms with Gasteiger partial charge in [-0.1, -0.05) is 21.6 Å². The van der Waals surface area contributed by atoms with Crippen molar-refractivity contribution in [1.29, 1.82) is 0 Å². The van der Waals surface area contributed by atoms with Gasteiger partial charge in [-0.15, -0.1) is 0 Å². The minimum atomic E-state index is -0.672. The maximum atomic E-state index is 11.4. The number of carbonyl (C=O) groups excluding carboxylic acids is 2. The Labute approximate surface area is 128 Å². The third kappa shape index (κ3) is 9.46. The molecule has 0 amide bonds. The summed E-state index contributed by atoms with van der Waals surface area (Å²) >= 11 is 0. The Hall–Kier alpha value is -0.440. The molecule has 4 N–H and O–H groups in total. The molecule has 0 saturated carbocycles. The number of hydrogen-bond donors (Lipinski definition) is 2. The monoisotopic (exact) mass is 324 g/mol. The number of carbonyl (C=O) groups is 2. The summed E-state index contributed by atoms with van der Waals surface area (Å²) in [5.41, 5.74) is 11.4. The Morgan fingerprint density at radius 2 is 1.15 bits per heavy atom. The lowest BCUT2D eigenvalue weighted by atomic mass is 10.3. The summed E-state index contributed by atoms with van der Waals surface area (Å²) in [5, 5.41) is 0. The molecule has 0 radical (unpaired) electrons. The lowest BCUT2D eigenvalue weighted by Gasteiger charge is -2.15. The molecule has 0 bridgehead atoms. The van der Waals surface area contributed by atoms with E-state index in [1.165, 1.54) is 21.6 Å². The number of esters is 2. The molecule has 0 spiro atoms. The van der Waals surface area contributed by atoms with Gasteiger partial charge in [0.1, 0.15) is 12.1 Å². The molecule has 1 unspecified atom stereocenters. The molecule has 0 aromatic carbocycles. The second kappa shape index (κ2) is 10.3. The highest BCUT2D eigenvalue weighted by Gasteiger charge is 2.19. The van der Waals surface area contributed by atoms with Crippen molar-refractivity contribution in [3.05, 3.63) is 0 Å². The maximum Gasteiger partial charge on any atom is 0.324 e. The predicted octanol–water partition coefficient (Wildman–Crippen LogP) is 0.926. The summed E-state index contributed by atoms with van der Waals surface area (Å²) in [5.74, 6) is -0.0297. The molecule has 0 aliphatic rings. The Morgan fingerprint density at radius 3 is 1.40 bits per heavy atom. The topological polar surface area (TPSA) is 105 Å². The lowest BCUT2D eigenvalue weighted by molar-refractivity contribution is -0.149. The summed E-state index contributed by atoms with van der Waals surface area (Å²) in [6.45, 7) is 7.08. The van der Waals surface area contributed by atoms with Crippen molar-refractivity contribution in [3.8, 4) is 0 Å². The minimum absolute atomic E-state index is 0.176. The summed E-state index contributed by atoms with van der Waals surface area (Å²) < 4.78 is 9.97. The largest absolute Gasteiger partial charge is 0.462 e. The van der Waals surface area contributed by atoms with Crippen molar-refractivity contribution in [2.45, 2.75) is 52.0 Å². The van der Waals surface area contributed by atoms with Crippen molar-refractivity contribution >= 4 is 33.5 Å². The smallest absolute Gasteiger partial charge is 0.324 e. The molecule has 8 heteroatoms. The molecule has 0 saturated heterocycles. The lowest BCUT2D eigenvalue weighted by Crippen LogP contribution is -2.36. The Kier molecular flexibility index (Phi) is 10.1. The first kappa shape index (κ1) is 19.6. The van der Waals surface area contributed by atoms with E-state index in [0.29, 0.717) is 11.5 Å². The summed E-state index contributed by atoms with van der Waals surface area (Å²) in [7, 11) is 2.77. The van der Waals surface area contributed by atoms with Crippen LogP contribution in [0.4, 0.5) is 0 Å². The summed E-state index contributed by atoms with van der Waals surface area (Å²) in [6, 6.07) is -1.34. The van der Waals surface area contributed by atoms with Crippen molar-refractivity contribution in [3.63, 3.8) is 0 Å². The van der Waals surface area contributed by atoms with E-state index in [9.17, 15) is 9.59 Å². The van der Waals surface area contributed by atoms with Gasteiger partial charge in [-0.3, -0.25) is 9.59 Å². The van der Waals surface area contributed by atoms with E-state index >= 15 is 0 Å². The highest BCUT2D eigenvalue weighted by molar-refractivity contribution is 8.76. The van der Waals surface area contributed by atoms with Crippen molar-refractivity contribution in [1.82, 2.24) is 0 Å². The van der Waals surface area contributed by atoms with Gasteiger partial charge in [0.15, 0.2) is 0 Å². The summed E-state index contributed by atoms with van der Waals surface area (Å²) in [6.07, 6.45) is -0.351. The van der Waals surface area contributed by atoms with Crippen LogP contribution in [0, 0.1) is 0 Å². The van der Waals surface area contributed by atoms with Crippen LogP contribution in [0.15, 0.2) is 0 Å². The summed E-state index contributed by atoms with van der Waals surface area (Å²) in [4.78, 5) is 22.9. The number of hydrogen-bond acceptors (Lipinski definition) is 8. The Bertz CT molecular complexity index is 284. The van der Waals surface area contributed by atoms with Crippen molar-refractivity contribution in [2.75, 3.05) is 11.5 Å². The Balaban J connectivity index is 3.80. The van der Waals surface area contributed by atoms with Gasteiger partial charge in [-0.2, -0.15) is 0 Å². The molecule has 0 aliphatic heterocycles. The molecular formula is C12H24N2O4S2. The van der Waals surface area contributed by atoms with Gasteiger partial charge in [0.05, 0.1) is 12.2 Å². The number of nitrogens with two attached hydrogens (primary N) is 2. The Morgan fingerprint density at radius 1 is 0.850 bits per heavy atom. The molecule has 0 aromatic rings. The molecule has 118 valence electrons. The third-order valence-corrected chi connectivity index (χ3v) is 4.36. The van der Waals surface area contributed by atoms with Gasteiger partial charge in [0, 0.05) is 11.5 Å². The van der Waals surface area contributed by atoms with E-state index < -0.39 is 24.0 Å². The van der Waals surface area contributed by atoms with E-state index in [1.807, 2.05) is 0 Å². The first-order chi connectivity index (χ1) is 9.23. The number of rotatable bonds is 9. The second-order valence-corrected chi connectivity index (χ2v) is 7.31. The highest BCUT2D eigenvalue weighted by Crippen LogP contribution is 2.22. The molecule has 0 aromatic heterocycles. The first-order valence-corrected chi connectivity index (χ1v) is 8.89. The van der Waals surface area contributed by atoms with E-state index in [4.69, 9.17) is 20.9 Å². The van der Waals surface area contributed by atoms with Gasteiger partial charge in [0.2, 0.25) is 0 Å². The van der Waals surface area contributed by atoms with E-state index in [1.54, 1.807) is 27.7 Å². The average Bonchev–Trinajstić information content (AvgIpc) is 2.32. The molecule has 2 atom stereocenters. The second-order valence-electron chi connectivity index (χ2n) is 4.75. The molecule has 0 heterocycles. The fourth-order valence-corrected chi connectivity index (χ4v) is 3.23. The molecular weight excluding hydrogens is 300 g/mol. The van der Waals surface area contributed by atoms with Gasteiger partial charge in [-0.25, -0.2) is 0 Å². The van der Waals surface area contributed by atoms with Gasteiger partial charge in [0.25, 0.3) is 0 Å². The van der Waals surface area contributed by atoms with Crippen LogP contribution < -0.4 is 11.5 Å². The normalized spacial score (nSPS) is 14.2. The zero-order valence-corrected chi connectivity index (χ0v) is 14.0. The SMILES string of the molecule is CC(C)OC(=O)C(N)CSSC[C@H](N)C(=O)OC(C)C. The highest BCUT2D eigenvalue weighted by atomic mass is 33.1. The molecule has 6 nitrogen and oxygen atoms in total. The fourth-order valence-electron chi connectivity index (χ4n) is 1.02. The van der Waals surface area contributed by atoms with Gasteiger partial charge < -0.3 is 20.9 Å². The zero-order valence-electron chi connectivity index (χ0n) is 12.3. The number of ether oxygens (including phenoxy) is 2. The minimum Gasteiger partial charge on any atom is -0.462 e. The van der Waals surface area contributed by atoms with Crippen molar-refractivity contribution < 1.29 is 19.1 Å². The van der Waals surface area contributed by atoms with Crippen LogP contribution >= 0.6 is 21.6 Å². The predicted molar refractivity (Wildman–Crippen MR) is 83.3 cm³/mol. The van der Waals surface area contributed by atoms with Crippen LogP contribution in [-0.2, 0) is 19.1 Å². The van der Waals surface area contributed by atoms with E-state index in [2.05, 4.69) is 0 Å². The van der Waals surface area contributed by atoms with Crippen LogP contribution in [0.5, 0.6) is 0 Å². The standard InChI is InChI=1S/C12H24N2O4S2/c1-7(2)17-11(15)9(13)5-19-20-6-10(14)12(16)18-8(3)4/h7-10H,5-6,13-14H2,1-4H3/t9-,10?/m0/s1. The van der Waals surface area contributed by atoms with E-state index in [-0.39, 0.29) is 12.2 Å². The fraction of sp³-hybridized carbons (Fsp3) is 0.833. The molecule has 20 heavy (non-hydrogen) atoms. The molecule has 0 aliphatic carbocycles. The molecule has 0 fully saturated rings. The van der Waals surface area contributed by atoms with Crippen LogP contribution in [0.25, 0.3) is 0 Å². The quantitative estimate of drug-likeness (QED) is 0.366. The van der Waals surface area contributed by atoms with Crippen LogP contribution in [-0.4, -0.2) is 47.7 Å². The van der Waals surface area contributed by atoms with Gasteiger partial charge in [-0.05, 0) is 27.7 Å². The van der Waals surface area contributed by atoms with Crippen molar-refractivity contribution in [2.24, 2.45) is 11.5 Å². The van der Waals surface area contributed by atoms with Crippen LogP contribution in [0.3, 0.4) is 0 Å². The average molecular weight is 324 g/mol. The van der Waals surface area contributed by atoms with Gasteiger partial charge >= 0.3 is 11.9 Å². The third-order valence-electron chi connectivity index (χ3n) is 1.89. The zero-order chi connectivity index (χ0) is 15.7. The van der Waals surface area contributed by atoms with Crippen LogP contribution in [0.2, 0.25) is 0 Å². The maximum absolute atomic E-state index is 11.4.